The summed E-state index contributed by atoms with van der Waals surface area (Å²) < 4.78 is 66.3. The van der Waals surface area contributed by atoms with Gasteiger partial charge in [-0.15, -0.1) is 0 Å². The van der Waals surface area contributed by atoms with Crippen LogP contribution in [0.1, 0.15) is 32.7 Å². The van der Waals surface area contributed by atoms with Crippen molar-refractivity contribution >= 4 is 38.4 Å². The van der Waals surface area contributed by atoms with E-state index < -0.39 is 22.7 Å². The Labute approximate surface area is 234 Å². The second kappa shape index (κ2) is 10.2. The molecule has 6 rings (SSSR count). The molecule has 0 spiro atoms. The van der Waals surface area contributed by atoms with Crippen LogP contribution in [-0.4, -0.2) is 91.4 Å². The molecule has 0 radical (unpaired) electrons. The Morgan fingerprint density at radius 3 is 2.51 bits per heavy atom. The van der Waals surface area contributed by atoms with Crippen LogP contribution < -0.4 is 10.2 Å². The largest absolute Gasteiger partial charge is 0.401 e. The summed E-state index contributed by atoms with van der Waals surface area (Å²) in [5.74, 6) is 1.98. The van der Waals surface area contributed by atoms with E-state index in [0.29, 0.717) is 67.9 Å². The number of aromatic nitrogens is 7. The molecule has 1 aliphatic heterocycles. The summed E-state index contributed by atoms with van der Waals surface area (Å²) in [4.78, 5) is 16.7. The van der Waals surface area contributed by atoms with E-state index >= 15 is 0 Å². The number of alkyl halides is 3. The lowest BCUT2D eigenvalue weighted by molar-refractivity contribution is -0.146. The number of hydrogen-bond acceptors (Lipinski definition) is 10. The normalized spacial score (nSPS) is 17.1. The van der Waals surface area contributed by atoms with Crippen molar-refractivity contribution in [3.8, 4) is 11.4 Å². The number of rotatable bonds is 8. The topological polar surface area (TPSA) is 127 Å². The summed E-state index contributed by atoms with van der Waals surface area (Å²) in [5, 5.41) is 12.4. The van der Waals surface area contributed by atoms with Crippen LogP contribution in [0.5, 0.6) is 0 Å². The predicted octanol–water partition coefficient (Wildman–Crippen LogP) is 3.43. The zero-order valence-corrected chi connectivity index (χ0v) is 23.3. The maximum absolute atomic E-state index is 12.8. The highest BCUT2D eigenvalue weighted by Crippen LogP contribution is 2.32. The van der Waals surface area contributed by atoms with Crippen LogP contribution in [0.4, 0.5) is 30.6 Å². The van der Waals surface area contributed by atoms with Gasteiger partial charge in [0.15, 0.2) is 11.6 Å². The van der Waals surface area contributed by atoms with E-state index in [4.69, 9.17) is 5.10 Å². The number of pyridine rings is 1. The first-order chi connectivity index (χ1) is 19.5. The zero-order valence-electron chi connectivity index (χ0n) is 22.5. The third kappa shape index (κ3) is 5.70. The molecular weight excluding hydrogens is 561 g/mol. The molecule has 218 valence electrons. The van der Waals surface area contributed by atoms with Gasteiger partial charge in [0.1, 0.15) is 11.6 Å². The van der Waals surface area contributed by atoms with Gasteiger partial charge in [-0.1, -0.05) is 0 Å². The molecule has 0 bridgehead atoms. The van der Waals surface area contributed by atoms with Crippen LogP contribution in [0.25, 0.3) is 22.3 Å². The first-order valence-electron chi connectivity index (χ1n) is 13.3. The fourth-order valence-electron chi connectivity index (χ4n) is 4.86. The molecule has 0 aromatic carbocycles. The molecule has 16 heteroatoms. The van der Waals surface area contributed by atoms with E-state index in [9.17, 15) is 21.6 Å². The molecule has 1 N–H and O–H groups in total. The SMILES string of the molecule is CC(C)n1nc(N2CCN(CC(F)(F)F)CC2)c2cnc(Nc3ccnc(-c4cnn(S(=O)(=O)C5CC5)c4)n3)cc21. The van der Waals surface area contributed by atoms with Crippen molar-refractivity contribution < 1.29 is 21.6 Å². The minimum Gasteiger partial charge on any atom is -0.352 e. The molecule has 1 saturated carbocycles. The van der Waals surface area contributed by atoms with E-state index in [0.717, 1.165) is 15.0 Å². The first kappa shape index (κ1) is 27.4. The summed E-state index contributed by atoms with van der Waals surface area (Å²) in [6.07, 6.45) is 3.17. The van der Waals surface area contributed by atoms with Gasteiger partial charge in [0.05, 0.1) is 40.7 Å². The van der Waals surface area contributed by atoms with Crippen molar-refractivity contribution in [2.45, 2.75) is 44.2 Å². The molecule has 0 atom stereocenters. The summed E-state index contributed by atoms with van der Waals surface area (Å²) in [7, 11) is -3.49. The molecule has 0 unspecified atom stereocenters. The molecule has 41 heavy (non-hydrogen) atoms. The fourth-order valence-corrected chi connectivity index (χ4v) is 6.34. The molecular formula is C25H29F3N10O2S. The van der Waals surface area contributed by atoms with Crippen molar-refractivity contribution in [2.24, 2.45) is 0 Å². The molecule has 1 saturated heterocycles. The highest BCUT2D eigenvalue weighted by Gasteiger charge is 2.38. The zero-order chi connectivity index (χ0) is 28.9. The van der Waals surface area contributed by atoms with E-state index in [-0.39, 0.29) is 11.3 Å². The van der Waals surface area contributed by atoms with Crippen LogP contribution in [0.15, 0.2) is 36.9 Å². The summed E-state index contributed by atoms with van der Waals surface area (Å²) in [5.41, 5.74) is 1.30. The fraction of sp³-hybridized carbons (Fsp3) is 0.480. The quantitative estimate of drug-likeness (QED) is 0.326. The van der Waals surface area contributed by atoms with Crippen molar-refractivity contribution in [1.82, 2.24) is 38.8 Å². The number of nitrogens with zero attached hydrogens (tertiary/aromatic N) is 9. The average Bonchev–Trinajstić information content (AvgIpc) is 3.54. The van der Waals surface area contributed by atoms with Crippen LogP contribution >= 0.6 is 0 Å². The summed E-state index contributed by atoms with van der Waals surface area (Å²) in [6.45, 7) is 4.56. The highest BCUT2D eigenvalue weighted by atomic mass is 32.2. The van der Waals surface area contributed by atoms with Crippen LogP contribution in [0.2, 0.25) is 0 Å². The molecule has 12 nitrogen and oxygen atoms in total. The van der Waals surface area contributed by atoms with Gasteiger partial charge in [0, 0.05) is 50.7 Å². The van der Waals surface area contributed by atoms with Gasteiger partial charge in [-0.05, 0) is 32.8 Å². The van der Waals surface area contributed by atoms with Gasteiger partial charge < -0.3 is 10.2 Å². The average molecular weight is 591 g/mol. The second-order valence-electron chi connectivity index (χ2n) is 10.6. The number of fused-ring (bicyclic) bond motifs is 1. The van der Waals surface area contributed by atoms with E-state index in [1.807, 2.05) is 29.5 Å². The number of nitrogens with one attached hydrogen (secondary N) is 1. The first-order valence-corrected chi connectivity index (χ1v) is 14.8. The Bertz CT molecular complexity index is 1670. The lowest BCUT2D eigenvalue weighted by atomic mass is 10.2. The lowest BCUT2D eigenvalue weighted by Crippen LogP contribution is -2.49. The molecule has 1 aliphatic carbocycles. The Morgan fingerprint density at radius 1 is 1.07 bits per heavy atom. The van der Waals surface area contributed by atoms with Crippen LogP contribution in [0.3, 0.4) is 0 Å². The minimum absolute atomic E-state index is 0.0297. The predicted molar refractivity (Wildman–Crippen MR) is 146 cm³/mol. The van der Waals surface area contributed by atoms with E-state index in [1.54, 1.807) is 18.5 Å². The molecule has 2 fully saturated rings. The second-order valence-corrected chi connectivity index (χ2v) is 12.6. The summed E-state index contributed by atoms with van der Waals surface area (Å²) in [6, 6.07) is 3.56. The van der Waals surface area contributed by atoms with E-state index in [1.165, 1.54) is 17.3 Å². The standard InChI is InChI=1S/C25H29F3N10O2S/c1-16(2)38-20-11-22(30-13-19(20)24(34-38)36-9-7-35(8-10-36)15-25(26,27)28)32-21-5-6-29-23(33-21)17-12-31-37(14-17)41(39,40)18-3-4-18/h5-6,11-14,16,18H,3-4,7-10,15H2,1-2H3,(H,29,30,32,33). The Kier molecular flexibility index (Phi) is 6.84. The maximum Gasteiger partial charge on any atom is 0.401 e. The number of anilines is 3. The molecule has 4 aromatic heterocycles. The van der Waals surface area contributed by atoms with Crippen molar-refractivity contribution in [3.63, 3.8) is 0 Å². The Morgan fingerprint density at radius 2 is 1.83 bits per heavy atom. The van der Waals surface area contributed by atoms with Gasteiger partial charge in [-0.25, -0.2) is 23.4 Å². The third-order valence-electron chi connectivity index (χ3n) is 7.07. The van der Waals surface area contributed by atoms with Crippen LogP contribution in [0, 0.1) is 0 Å². The van der Waals surface area contributed by atoms with Crippen molar-refractivity contribution in [3.05, 3.63) is 36.9 Å². The lowest BCUT2D eigenvalue weighted by Gasteiger charge is -2.35. The van der Waals surface area contributed by atoms with Gasteiger partial charge in [-0.2, -0.15) is 27.5 Å². The maximum atomic E-state index is 12.8. The Balaban J connectivity index is 1.22. The van der Waals surface area contributed by atoms with Gasteiger partial charge >= 0.3 is 6.18 Å². The number of piperazine rings is 1. The van der Waals surface area contributed by atoms with Gasteiger partial charge in [0.25, 0.3) is 10.0 Å². The molecule has 4 aromatic rings. The molecule has 0 amide bonds. The van der Waals surface area contributed by atoms with Gasteiger partial charge in [-0.3, -0.25) is 9.58 Å². The summed E-state index contributed by atoms with van der Waals surface area (Å²) >= 11 is 0. The van der Waals surface area contributed by atoms with Crippen LogP contribution in [-0.2, 0) is 10.0 Å². The Hall–Kier alpha value is -3.79. The van der Waals surface area contributed by atoms with Crippen molar-refractivity contribution in [1.29, 1.82) is 0 Å². The third-order valence-corrected chi connectivity index (χ3v) is 9.11. The van der Waals surface area contributed by atoms with Gasteiger partial charge in [0.2, 0.25) is 0 Å². The van der Waals surface area contributed by atoms with Crippen molar-refractivity contribution in [2.75, 3.05) is 42.9 Å². The van der Waals surface area contributed by atoms with E-state index in [2.05, 4.69) is 25.4 Å². The monoisotopic (exact) mass is 590 g/mol. The highest BCUT2D eigenvalue weighted by molar-refractivity contribution is 7.90. The number of hydrogen-bond donors (Lipinski definition) is 1. The molecule has 5 heterocycles. The number of halogens is 3. The molecule has 2 aliphatic rings. The minimum atomic E-state index is -4.22. The smallest absolute Gasteiger partial charge is 0.352 e.